The van der Waals surface area contributed by atoms with Crippen LogP contribution < -0.4 is 11.5 Å². The van der Waals surface area contributed by atoms with E-state index < -0.39 is 0 Å². The first-order valence-corrected chi connectivity index (χ1v) is 24.0. The van der Waals surface area contributed by atoms with E-state index in [1.165, 1.54) is 207 Å². The molecule has 0 fully saturated rings. The van der Waals surface area contributed by atoms with Crippen molar-refractivity contribution in [1.29, 1.82) is 0 Å². The van der Waals surface area contributed by atoms with Gasteiger partial charge < -0.3 is 11.5 Å². The fraction of sp³-hybridized carbons (Fsp3) is 0.564. The average molecular weight is 771 g/mol. The van der Waals surface area contributed by atoms with Gasteiger partial charge in [0.05, 0.1) is 0 Å². The van der Waals surface area contributed by atoms with E-state index in [0.717, 1.165) is 11.4 Å². The Labute approximate surface area is 351 Å². The molecule has 2 heteroatoms. The van der Waals surface area contributed by atoms with Gasteiger partial charge in [-0.3, -0.25) is 0 Å². The third kappa shape index (κ3) is 18.7. The number of benzene rings is 4. The maximum absolute atomic E-state index is 6.06. The number of unbranched alkanes of at least 4 members (excludes halogenated alkanes) is 20. The summed E-state index contributed by atoms with van der Waals surface area (Å²) in [5.74, 6) is 0.908. The third-order valence-corrected chi connectivity index (χ3v) is 12.6. The smallest absolute Gasteiger partial charge is 0.0314 e. The van der Waals surface area contributed by atoms with Gasteiger partial charge in [0, 0.05) is 23.2 Å². The van der Waals surface area contributed by atoms with Gasteiger partial charge >= 0.3 is 0 Å². The van der Waals surface area contributed by atoms with E-state index in [4.69, 9.17) is 11.5 Å². The molecule has 0 aliphatic carbocycles. The van der Waals surface area contributed by atoms with Crippen LogP contribution in [0.2, 0.25) is 0 Å². The first kappa shape index (κ1) is 46.2. The van der Waals surface area contributed by atoms with Gasteiger partial charge in [0.15, 0.2) is 0 Å². The number of nitrogens with two attached hydrogens (primary N) is 2. The molecule has 0 radical (unpaired) electrons. The van der Waals surface area contributed by atoms with Gasteiger partial charge in [-0.2, -0.15) is 0 Å². The highest BCUT2D eigenvalue weighted by Crippen LogP contribution is 2.33. The van der Waals surface area contributed by atoms with Gasteiger partial charge in [0.1, 0.15) is 0 Å². The zero-order valence-corrected chi connectivity index (χ0v) is 36.6. The average Bonchev–Trinajstić information content (AvgIpc) is 3.23. The maximum Gasteiger partial charge on any atom is 0.0314 e. The first-order chi connectivity index (χ1) is 28.1. The van der Waals surface area contributed by atoms with E-state index in [1.54, 1.807) is 0 Å². The lowest BCUT2D eigenvalue weighted by molar-refractivity contribution is 0.545. The van der Waals surface area contributed by atoms with E-state index in [0.29, 0.717) is 11.8 Å². The minimum Gasteiger partial charge on any atom is -0.399 e. The normalized spacial score (nSPS) is 12.5. The predicted octanol–water partition coefficient (Wildman–Crippen LogP) is 16.7. The van der Waals surface area contributed by atoms with Gasteiger partial charge in [0.25, 0.3) is 0 Å². The molecule has 0 aliphatic rings. The largest absolute Gasteiger partial charge is 0.399 e. The number of hydrogen-bond donors (Lipinski definition) is 2. The zero-order chi connectivity index (χ0) is 40.2. The van der Waals surface area contributed by atoms with Crippen LogP contribution in [0.15, 0.2) is 97.1 Å². The standard InChI is InChI=1S/C55H82N2/c1-3-5-7-9-11-13-15-20-24-28-54(50-38-42-52(56)43-39-50)48-34-30-46(31-35-48)26-22-18-17-19-23-27-47-32-36-49(37-33-47)55(51-40-44-53(57)45-41-51)29-25-21-16-14-12-10-8-6-4-2/h30-45,54-55H,3-29,56-57H2,1-2H3. The van der Waals surface area contributed by atoms with Crippen molar-refractivity contribution >= 4 is 11.4 Å². The lowest BCUT2D eigenvalue weighted by Crippen LogP contribution is -2.02. The Balaban J connectivity index is 1.14. The molecule has 0 saturated heterocycles. The molecular formula is C55H82N2. The van der Waals surface area contributed by atoms with Crippen LogP contribution in [0, 0.1) is 0 Å². The Bertz CT molecular complexity index is 1420. The van der Waals surface area contributed by atoms with E-state index in [9.17, 15) is 0 Å². The van der Waals surface area contributed by atoms with Crippen molar-refractivity contribution in [2.24, 2.45) is 0 Å². The molecule has 0 aliphatic heterocycles. The van der Waals surface area contributed by atoms with Crippen LogP contribution in [-0.2, 0) is 12.8 Å². The molecular weight excluding hydrogens is 689 g/mol. The first-order valence-electron chi connectivity index (χ1n) is 24.0. The quantitative estimate of drug-likeness (QED) is 0.0384. The van der Waals surface area contributed by atoms with Crippen molar-refractivity contribution in [2.45, 2.75) is 199 Å². The van der Waals surface area contributed by atoms with Crippen molar-refractivity contribution in [3.05, 3.63) is 130 Å². The topological polar surface area (TPSA) is 52.0 Å². The third-order valence-electron chi connectivity index (χ3n) is 12.6. The summed E-state index contributed by atoms with van der Waals surface area (Å²) in [6, 6.07) is 36.5. The van der Waals surface area contributed by atoms with Gasteiger partial charge in [-0.15, -0.1) is 0 Å². The van der Waals surface area contributed by atoms with Crippen molar-refractivity contribution in [3.63, 3.8) is 0 Å². The fourth-order valence-corrected chi connectivity index (χ4v) is 8.85. The Hall–Kier alpha value is -3.52. The zero-order valence-electron chi connectivity index (χ0n) is 36.6. The van der Waals surface area contributed by atoms with Crippen molar-refractivity contribution in [3.8, 4) is 0 Å². The lowest BCUT2D eigenvalue weighted by Gasteiger charge is -2.19. The van der Waals surface area contributed by atoms with Crippen LogP contribution >= 0.6 is 0 Å². The van der Waals surface area contributed by atoms with E-state index in [-0.39, 0.29) is 0 Å². The van der Waals surface area contributed by atoms with Crippen LogP contribution in [0.5, 0.6) is 0 Å². The monoisotopic (exact) mass is 771 g/mol. The Morgan fingerprint density at radius 3 is 0.842 bits per heavy atom. The molecule has 312 valence electrons. The molecule has 0 bridgehead atoms. The molecule has 0 aromatic heterocycles. The molecule has 4 aromatic carbocycles. The van der Waals surface area contributed by atoms with Crippen molar-refractivity contribution in [1.82, 2.24) is 0 Å². The number of rotatable bonds is 32. The molecule has 2 unspecified atom stereocenters. The molecule has 0 saturated carbocycles. The highest BCUT2D eigenvalue weighted by molar-refractivity contribution is 5.44. The summed E-state index contributed by atoms with van der Waals surface area (Å²) < 4.78 is 0. The second-order valence-electron chi connectivity index (χ2n) is 17.4. The molecule has 4 N–H and O–H groups in total. The summed E-state index contributed by atoms with van der Waals surface area (Å²) in [5.41, 5.74) is 22.5. The summed E-state index contributed by atoms with van der Waals surface area (Å²) in [4.78, 5) is 0. The summed E-state index contributed by atoms with van der Waals surface area (Å²) in [6.45, 7) is 4.60. The van der Waals surface area contributed by atoms with E-state index in [1.807, 2.05) is 0 Å². The molecule has 2 nitrogen and oxygen atoms in total. The number of nitrogen functional groups attached to an aromatic ring is 2. The van der Waals surface area contributed by atoms with Gasteiger partial charge in [-0.25, -0.2) is 0 Å². The second-order valence-corrected chi connectivity index (χ2v) is 17.4. The molecule has 0 amide bonds. The van der Waals surface area contributed by atoms with Crippen LogP contribution in [0.3, 0.4) is 0 Å². The van der Waals surface area contributed by atoms with Gasteiger partial charge in [0.2, 0.25) is 0 Å². The molecule has 4 aromatic rings. The van der Waals surface area contributed by atoms with E-state index in [2.05, 4.69) is 111 Å². The number of aryl methyl sites for hydroxylation is 2. The molecule has 2 atom stereocenters. The summed E-state index contributed by atoms with van der Waals surface area (Å²) in [6.07, 6.45) is 36.0. The number of hydrogen-bond acceptors (Lipinski definition) is 2. The van der Waals surface area contributed by atoms with Gasteiger partial charge in [-0.1, -0.05) is 221 Å². The minimum atomic E-state index is 0.454. The van der Waals surface area contributed by atoms with Crippen LogP contribution in [-0.4, -0.2) is 0 Å². The van der Waals surface area contributed by atoms with Crippen LogP contribution in [0.1, 0.15) is 220 Å². The van der Waals surface area contributed by atoms with Crippen molar-refractivity contribution < 1.29 is 0 Å². The maximum atomic E-state index is 6.06. The predicted molar refractivity (Wildman–Crippen MR) is 252 cm³/mol. The molecule has 0 heterocycles. The highest BCUT2D eigenvalue weighted by atomic mass is 14.5. The summed E-state index contributed by atoms with van der Waals surface area (Å²) >= 11 is 0. The minimum absolute atomic E-state index is 0.454. The lowest BCUT2D eigenvalue weighted by atomic mass is 9.86. The Kier molecular flexibility index (Phi) is 23.3. The second kappa shape index (κ2) is 28.8. The molecule has 4 rings (SSSR count). The van der Waals surface area contributed by atoms with Crippen LogP contribution in [0.4, 0.5) is 11.4 Å². The number of anilines is 2. The van der Waals surface area contributed by atoms with Crippen molar-refractivity contribution in [2.75, 3.05) is 11.5 Å². The Morgan fingerprint density at radius 1 is 0.298 bits per heavy atom. The van der Waals surface area contributed by atoms with Crippen LogP contribution in [0.25, 0.3) is 0 Å². The highest BCUT2D eigenvalue weighted by Gasteiger charge is 2.16. The summed E-state index contributed by atoms with van der Waals surface area (Å²) in [7, 11) is 0. The Morgan fingerprint density at radius 2 is 0.544 bits per heavy atom. The summed E-state index contributed by atoms with van der Waals surface area (Å²) in [5, 5.41) is 0. The SMILES string of the molecule is CCCCCCCCCCCC(c1ccc(N)cc1)c1ccc(CCCCCCCc2ccc(C(CCCCCCCCCCC)c3ccc(N)cc3)cc2)cc1. The fourth-order valence-electron chi connectivity index (χ4n) is 8.85. The molecule has 57 heavy (non-hydrogen) atoms. The van der Waals surface area contributed by atoms with Gasteiger partial charge in [-0.05, 0) is 96.2 Å². The van der Waals surface area contributed by atoms with E-state index >= 15 is 0 Å². The molecule has 0 spiro atoms.